The van der Waals surface area contributed by atoms with Gasteiger partial charge in [0.25, 0.3) is 0 Å². The molecule has 0 aliphatic carbocycles. The number of methoxy groups -OCH3 is 1. The number of carbonyl (C=O) groups excluding carboxylic acids is 2. The molecule has 7 nitrogen and oxygen atoms in total. The summed E-state index contributed by atoms with van der Waals surface area (Å²) in [6.07, 6.45) is 2.51. The van der Waals surface area contributed by atoms with Crippen LogP contribution in [0.25, 0.3) is 0 Å². The summed E-state index contributed by atoms with van der Waals surface area (Å²) < 4.78 is 9.89. The fraction of sp³-hybridized carbons (Fsp3) is 0.500. The molecule has 0 aromatic heterocycles. The van der Waals surface area contributed by atoms with Crippen molar-refractivity contribution >= 4 is 18.0 Å². The second kappa shape index (κ2) is 4.91. The van der Waals surface area contributed by atoms with E-state index < -0.39 is 35.7 Å². The van der Waals surface area contributed by atoms with Crippen molar-refractivity contribution < 1.29 is 29.0 Å². The summed E-state index contributed by atoms with van der Waals surface area (Å²) in [6, 6.07) is -1.57. The number of esters is 1. The Balaban J connectivity index is 2.35. The van der Waals surface area contributed by atoms with Crippen molar-refractivity contribution in [1.82, 2.24) is 4.90 Å². The predicted octanol–water partition coefficient (Wildman–Crippen LogP) is 1.10. The largest absolute Gasteiger partial charge is 0.478 e. The van der Waals surface area contributed by atoms with Crippen LogP contribution < -0.4 is 0 Å². The Kier molecular flexibility index (Phi) is 3.52. The summed E-state index contributed by atoms with van der Waals surface area (Å²) in [5, 5.41) is 9.30. The van der Waals surface area contributed by atoms with Crippen LogP contribution in [0.3, 0.4) is 0 Å². The van der Waals surface area contributed by atoms with E-state index in [9.17, 15) is 19.5 Å². The van der Waals surface area contributed by atoms with Crippen molar-refractivity contribution in [3.8, 4) is 0 Å². The van der Waals surface area contributed by atoms with Gasteiger partial charge in [-0.2, -0.15) is 0 Å². The summed E-state index contributed by atoms with van der Waals surface area (Å²) in [4.78, 5) is 36.7. The summed E-state index contributed by atoms with van der Waals surface area (Å²) in [7, 11) is 1.17. The van der Waals surface area contributed by atoms with E-state index in [1.54, 1.807) is 32.9 Å². The number of amides is 1. The number of aliphatic carboxylic acids is 1. The Morgan fingerprint density at radius 3 is 2.10 bits per heavy atom. The second-order valence-corrected chi connectivity index (χ2v) is 5.79. The van der Waals surface area contributed by atoms with Gasteiger partial charge in [0.2, 0.25) is 0 Å². The smallest absolute Gasteiger partial charge is 0.411 e. The fourth-order valence-corrected chi connectivity index (χ4v) is 2.48. The van der Waals surface area contributed by atoms with Crippen molar-refractivity contribution in [3.05, 3.63) is 23.3 Å². The minimum Gasteiger partial charge on any atom is -0.478 e. The first-order chi connectivity index (χ1) is 9.67. The molecule has 2 atom stereocenters. The van der Waals surface area contributed by atoms with Crippen LogP contribution in [0.1, 0.15) is 20.8 Å². The monoisotopic (exact) mass is 295 g/mol. The summed E-state index contributed by atoms with van der Waals surface area (Å²) in [6.45, 7) is 5.13. The van der Waals surface area contributed by atoms with Crippen molar-refractivity contribution in [1.29, 1.82) is 0 Å². The van der Waals surface area contributed by atoms with Crippen LogP contribution >= 0.6 is 0 Å². The first-order valence-corrected chi connectivity index (χ1v) is 6.42. The van der Waals surface area contributed by atoms with Crippen LogP contribution in [0.2, 0.25) is 0 Å². The van der Waals surface area contributed by atoms with E-state index in [0.29, 0.717) is 0 Å². The summed E-state index contributed by atoms with van der Waals surface area (Å²) in [5.74, 6) is -2.00. The third-order valence-corrected chi connectivity index (χ3v) is 3.20. The van der Waals surface area contributed by atoms with Gasteiger partial charge in [0.15, 0.2) is 0 Å². The van der Waals surface area contributed by atoms with Gasteiger partial charge < -0.3 is 14.6 Å². The highest BCUT2D eigenvalue weighted by Gasteiger charge is 2.51. The van der Waals surface area contributed by atoms with Gasteiger partial charge in [0.1, 0.15) is 5.60 Å². The van der Waals surface area contributed by atoms with E-state index >= 15 is 0 Å². The molecule has 0 spiro atoms. The summed E-state index contributed by atoms with van der Waals surface area (Å²) in [5.41, 5.74) is -0.878. The Hall–Kier alpha value is -2.31. The van der Waals surface area contributed by atoms with E-state index in [1.165, 1.54) is 12.0 Å². The van der Waals surface area contributed by atoms with E-state index in [1.807, 2.05) is 0 Å². The zero-order valence-electron chi connectivity index (χ0n) is 12.2. The van der Waals surface area contributed by atoms with E-state index in [-0.39, 0.29) is 11.1 Å². The van der Waals surface area contributed by atoms with Crippen LogP contribution in [0.15, 0.2) is 23.3 Å². The molecule has 2 bridgehead atoms. The normalized spacial score (nSPS) is 23.5. The van der Waals surface area contributed by atoms with Crippen molar-refractivity contribution in [2.45, 2.75) is 38.5 Å². The molecule has 0 unspecified atom stereocenters. The van der Waals surface area contributed by atoms with Gasteiger partial charge in [-0.15, -0.1) is 0 Å². The number of hydrogen-bond acceptors (Lipinski definition) is 5. The van der Waals surface area contributed by atoms with Crippen molar-refractivity contribution in [3.63, 3.8) is 0 Å². The Labute approximate surface area is 121 Å². The van der Waals surface area contributed by atoms with E-state index in [2.05, 4.69) is 4.74 Å². The molecule has 2 heterocycles. The number of carbonyl (C=O) groups is 3. The van der Waals surface area contributed by atoms with Gasteiger partial charge in [0, 0.05) is 0 Å². The minimum atomic E-state index is -1.25. The molecule has 2 aliphatic heterocycles. The topological polar surface area (TPSA) is 93.1 Å². The highest BCUT2D eigenvalue weighted by Crippen LogP contribution is 2.39. The molecule has 1 N–H and O–H groups in total. The molecular weight excluding hydrogens is 278 g/mol. The van der Waals surface area contributed by atoms with Crippen LogP contribution in [0.5, 0.6) is 0 Å². The lowest BCUT2D eigenvalue weighted by molar-refractivity contribution is -0.138. The maximum Gasteiger partial charge on any atom is 0.411 e. The Morgan fingerprint density at radius 1 is 1.14 bits per heavy atom. The Morgan fingerprint density at radius 2 is 1.67 bits per heavy atom. The number of fused-ring (bicyclic) bond motifs is 2. The molecule has 0 aromatic carbocycles. The number of ether oxygens (including phenoxy) is 2. The lowest BCUT2D eigenvalue weighted by atomic mass is 9.97. The van der Waals surface area contributed by atoms with Gasteiger partial charge in [-0.1, -0.05) is 12.2 Å². The molecule has 114 valence electrons. The molecule has 0 saturated heterocycles. The van der Waals surface area contributed by atoms with Crippen molar-refractivity contribution in [2.75, 3.05) is 7.11 Å². The fourth-order valence-electron chi connectivity index (χ4n) is 2.48. The van der Waals surface area contributed by atoms with Crippen molar-refractivity contribution in [2.24, 2.45) is 0 Å². The van der Waals surface area contributed by atoms with Gasteiger partial charge in [-0.25, -0.2) is 14.4 Å². The first-order valence-electron chi connectivity index (χ1n) is 6.42. The molecule has 2 aliphatic rings. The lowest BCUT2D eigenvalue weighted by Gasteiger charge is -2.28. The minimum absolute atomic E-state index is 0.0247. The highest BCUT2D eigenvalue weighted by atomic mass is 16.6. The molecule has 0 radical (unpaired) electrons. The molecule has 2 rings (SSSR count). The van der Waals surface area contributed by atoms with Crippen LogP contribution in [-0.2, 0) is 19.1 Å². The molecule has 0 fully saturated rings. The third-order valence-electron chi connectivity index (χ3n) is 3.20. The van der Waals surface area contributed by atoms with Crippen LogP contribution in [0.4, 0.5) is 4.79 Å². The average Bonchev–Trinajstić information content (AvgIpc) is 2.90. The maximum atomic E-state index is 12.2. The molecule has 1 amide bonds. The number of carboxylic acids is 1. The second-order valence-electron chi connectivity index (χ2n) is 5.79. The lowest BCUT2D eigenvalue weighted by Crippen LogP contribution is -2.42. The molecule has 0 saturated carbocycles. The Bertz CT molecular complexity index is 569. The quantitative estimate of drug-likeness (QED) is 0.605. The number of carboxylic acid groups (broad SMARTS) is 1. The first kappa shape index (κ1) is 15.1. The summed E-state index contributed by atoms with van der Waals surface area (Å²) >= 11 is 0. The predicted molar refractivity (Wildman–Crippen MR) is 71.5 cm³/mol. The highest BCUT2D eigenvalue weighted by molar-refractivity contribution is 6.05. The molecule has 0 aromatic rings. The number of rotatable bonds is 2. The maximum absolute atomic E-state index is 12.2. The van der Waals surface area contributed by atoms with Gasteiger partial charge in [0.05, 0.1) is 30.3 Å². The zero-order valence-corrected chi connectivity index (χ0v) is 12.2. The third kappa shape index (κ3) is 2.51. The average molecular weight is 295 g/mol. The standard InChI is InChI=1S/C14H17NO6/c1-14(2,3)21-13(19)15-7-5-6-8(15)10(12(18)20-4)9(7)11(16)17/h5-8H,1-4H3,(H,16,17)/t7-,8+/m1/s1. The molecule has 7 heteroatoms. The zero-order chi connectivity index (χ0) is 15.9. The number of nitrogens with zero attached hydrogens (tertiary/aromatic N) is 1. The van der Waals surface area contributed by atoms with E-state index in [4.69, 9.17) is 4.74 Å². The van der Waals surface area contributed by atoms with E-state index in [0.717, 1.165) is 0 Å². The van der Waals surface area contributed by atoms with Gasteiger partial charge in [-0.3, -0.25) is 4.90 Å². The SMILES string of the molecule is COC(=O)C1=C(C(=O)O)[C@H]2C=C[C@@H]1N2C(=O)OC(C)(C)C. The van der Waals surface area contributed by atoms with Gasteiger partial charge >= 0.3 is 18.0 Å². The molecular formula is C14H17NO6. The number of hydrogen-bond donors (Lipinski definition) is 1. The molecule has 21 heavy (non-hydrogen) atoms. The van der Waals surface area contributed by atoms with Crippen LogP contribution in [-0.4, -0.2) is 52.8 Å². The van der Waals surface area contributed by atoms with Crippen LogP contribution in [0, 0.1) is 0 Å². The van der Waals surface area contributed by atoms with Gasteiger partial charge in [-0.05, 0) is 20.8 Å².